The molecule has 1 aromatic heterocycles. The maximum atomic E-state index is 5.96. The van der Waals surface area contributed by atoms with Gasteiger partial charge in [-0.25, -0.2) is 4.98 Å². The molecule has 14 heavy (non-hydrogen) atoms. The Bertz CT molecular complexity index is 310. The van der Waals surface area contributed by atoms with Crippen molar-refractivity contribution < 1.29 is 4.74 Å². The molecule has 1 atom stereocenters. The van der Waals surface area contributed by atoms with Crippen molar-refractivity contribution in [2.45, 2.75) is 18.9 Å². The zero-order valence-corrected chi connectivity index (χ0v) is 9.62. The molecule has 0 spiro atoms. The fourth-order valence-electron chi connectivity index (χ4n) is 1.48. The third-order valence-corrected chi connectivity index (χ3v) is 3.74. The average molecular weight is 233 g/mol. The van der Waals surface area contributed by atoms with E-state index in [9.17, 15) is 0 Å². The van der Waals surface area contributed by atoms with Gasteiger partial charge in [-0.05, 0) is 13.3 Å². The zero-order valence-electron chi connectivity index (χ0n) is 8.05. The van der Waals surface area contributed by atoms with Crippen molar-refractivity contribution in [1.82, 2.24) is 4.98 Å². The van der Waals surface area contributed by atoms with Crippen LogP contribution in [0.5, 0.6) is 0 Å². The summed E-state index contributed by atoms with van der Waals surface area (Å²) in [5.74, 6) is 0.561. The monoisotopic (exact) mass is 232 g/mol. The van der Waals surface area contributed by atoms with Gasteiger partial charge in [0.2, 0.25) is 0 Å². The number of halogens is 1. The van der Waals surface area contributed by atoms with Crippen molar-refractivity contribution in [2.75, 3.05) is 24.4 Å². The molecule has 2 rings (SSSR count). The maximum Gasteiger partial charge on any atom is 0.183 e. The van der Waals surface area contributed by atoms with Gasteiger partial charge in [0.1, 0.15) is 0 Å². The molecule has 78 valence electrons. The van der Waals surface area contributed by atoms with Crippen molar-refractivity contribution in [3.63, 3.8) is 0 Å². The summed E-state index contributed by atoms with van der Waals surface area (Å²) in [7, 11) is 0. The van der Waals surface area contributed by atoms with Crippen molar-refractivity contribution in [1.29, 1.82) is 0 Å². The fraction of sp³-hybridized carbons (Fsp3) is 0.667. The molecule has 3 nitrogen and oxygen atoms in total. The normalized spacial score (nSPS) is 26.7. The summed E-state index contributed by atoms with van der Waals surface area (Å²) in [5.41, 5.74) is 0.937. The Morgan fingerprint density at radius 1 is 1.79 bits per heavy atom. The highest BCUT2D eigenvalue weighted by atomic mass is 35.5. The van der Waals surface area contributed by atoms with Crippen LogP contribution in [0.3, 0.4) is 0 Å². The minimum atomic E-state index is -0.105. The van der Waals surface area contributed by atoms with Gasteiger partial charge in [0, 0.05) is 17.9 Å². The molecule has 1 aliphatic rings. The lowest BCUT2D eigenvalue weighted by molar-refractivity contribution is 0.185. The molecule has 1 N–H and O–H groups in total. The van der Waals surface area contributed by atoms with E-state index in [1.165, 1.54) is 0 Å². The number of thiazole rings is 1. The molecule has 5 heteroatoms. The van der Waals surface area contributed by atoms with Gasteiger partial charge in [0.15, 0.2) is 5.13 Å². The van der Waals surface area contributed by atoms with Crippen molar-refractivity contribution in [3.05, 3.63) is 11.1 Å². The van der Waals surface area contributed by atoms with Gasteiger partial charge in [0.05, 0.1) is 17.8 Å². The van der Waals surface area contributed by atoms with Gasteiger partial charge >= 0.3 is 0 Å². The largest absolute Gasteiger partial charge is 0.379 e. The molecule has 1 aliphatic heterocycles. The number of hydrogen-bond donors (Lipinski definition) is 1. The average Bonchev–Trinajstić information content (AvgIpc) is 2.77. The minimum absolute atomic E-state index is 0.105. The number of hydrogen-bond acceptors (Lipinski definition) is 4. The van der Waals surface area contributed by atoms with Crippen molar-refractivity contribution in [2.24, 2.45) is 0 Å². The van der Waals surface area contributed by atoms with Crippen LogP contribution in [-0.2, 0) is 4.74 Å². The summed E-state index contributed by atoms with van der Waals surface area (Å²) in [6, 6.07) is 0. The number of aromatic nitrogens is 1. The van der Waals surface area contributed by atoms with Crippen LogP contribution in [0, 0.1) is 6.92 Å². The molecule has 0 saturated carbocycles. The summed E-state index contributed by atoms with van der Waals surface area (Å²) < 4.78 is 5.36. The number of rotatable bonds is 3. The minimum Gasteiger partial charge on any atom is -0.379 e. The third-order valence-electron chi connectivity index (χ3n) is 2.35. The first-order chi connectivity index (χ1) is 6.74. The van der Waals surface area contributed by atoms with Crippen LogP contribution in [-0.4, -0.2) is 29.6 Å². The Morgan fingerprint density at radius 3 is 3.14 bits per heavy atom. The van der Waals surface area contributed by atoms with Crippen LogP contribution in [0.1, 0.15) is 12.1 Å². The summed E-state index contributed by atoms with van der Waals surface area (Å²) in [6.45, 7) is 3.44. The Balaban J connectivity index is 2.08. The summed E-state index contributed by atoms with van der Waals surface area (Å²) in [5, 5.41) is 6.34. The lowest BCUT2D eigenvalue weighted by atomic mass is 10.0. The highest BCUT2D eigenvalue weighted by Crippen LogP contribution is 2.27. The SMILES string of the molecule is Cc1csc(NC2(CCl)CCOC2)n1. The van der Waals surface area contributed by atoms with Crippen LogP contribution in [0.4, 0.5) is 5.13 Å². The number of ether oxygens (including phenoxy) is 1. The highest BCUT2D eigenvalue weighted by Gasteiger charge is 2.34. The smallest absolute Gasteiger partial charge is 0.183 e. The topological polar surface area (TPSA) is 34.1 Å². The first-order valence-corrected chi connectivity index (χ1v) is 6.00. The van der Waals surface area contributed by atoms with E-state index in [1.807, 2.05) is 12.3 Å². The number of nitrogens with zero attached hydrogens (tertiary/aromatic N) is 1. The lowest BCUT2D eigenvalue weighted by Crippen LogP contribution is -2.40. The molecule has 1 fully saturated rings. The van der Waals surface area contributed by atoms with Gasteiger partial charge in [0.25, 0.3) is 0 Å². The molecular weight excluding hydrogens is 220 g/mol. The van der Waals surface area contributed by atoms with Gasteiger partial charge < -0.3 is 10.1 Å². The standard InChI is InChI=1S/C9H13ClN2OS/c1-7-4-14-8(11-7)12-9(5-10)2-3-13-6-9/h4H,2-3,5-6H2,1H3,(H,11,12). The van der Waals surface area contributed by atoms with E-state index in [2.05, 4.69) is 10.3 Å². The van der Waals surface area contributed by atoms with Gasteiger partial charge in [-0.3, -0.25) is 0 Å². The van der Waals surface area contributed by atoms with E-state index >= 15 is 0 Å². The molecule has 0 bridgehead atoms. The Morgan fingerprint density at radius 2 is 2.64 bits per heavy atom. The summed E-state index contributed by atoms with van der Waals surface area (Å²) in [4.78, 5) is 4.36. The molecule has 2 heterocycles. The predicted molar refractivity (Wildman–Crippen MR) is 59.4 cm³/mol. The van der Waals surface area contributed by atoms with E-state index in [1.54, 1.807) is 11.3 Å². The molecule has 0 radical (unpaired) electrons. The Labute approximate surface area is 92.4 Å². The second-order valence-electron chi connectivity index (χ2n) is 3.64. The predicted octanol–water partition coefficient (Wildman–Crippen LogP) is 2.26. The second-order valence-corrected chi connectivity index (χ2v) is 4.76. The van der Waals surface area contributed by atoms with Crippen molar-refractivity contribution >= 4 is 28.1 Å². The van der Waals surface area contributed by atoms with E-state index < -0.39 is 0 Å². The molecule has 0 amide bonds. The zero-order chi connectivity index (χ0) is 10.0. The fourth-order valence-corrected chi connectivity index (χ4v) is 2.57. The highest BCUT2D eigenvalue weighted by molar-refractivity contribution is 7.13. The summed E-state index contributed by atoms with van der Waals surface area (Å²) in [6.07, 6.45) is 0.953. The van der Waals surface area contributed by atoms with Gasteiger partial charge in [-0.15, -0.1) is 22.9 Å². The van der Waals surface area contributed by atoms with Crippen LogP contribution >= 0.6 is 22.9 Å². The number of anilines is 1. The first-order valence-electron chi connectivity index (χ1n) is 4.58. The van der Waals surface area contributed by atoms with Crippen LogP contribution in [0.2, 0.25) is 0 Å². The molecule has 0 aliphatic carbocycles. The molecule has 0 aromatic carbocycles. The van der Waals surface area contributed by atoms with E-state index in [-0.39, 0.29) is 5.54 Å². The number of alkyl halides is 1. The van der Waals surface area contributed by atoms with Crippen molar-refractivity contribution in [3.8, 4) is 0 Å². The van der Waals surface area contributed by atoms with E-state index in [0.717, 1.165) is 23.9 Å². The Kier molecular flexibility index (Phi) is 2.95. The second kappa shape index (κ2) is 4.04. The Hall–Kier alpha value is -0.320. The quantitative estimate of drug-likeness (QED) is 0.812. The van der Waals surface area contributed by atoms with E-state index in [4.69, 9.17) is 16.3 Å². The van der Waals surface area contributed by atoms with Crippen LogP contribution in [0.15, 0.2) is 5.38 Å². The van der Waals surface area contributed by atoms with Crippen LogP contribution < -0.4 is 5.32 Å². The third kappa shape index (κ3) is 2.02. The first kappa shape index (κ1) is 10.2. The summed E-state index contributed by atoms with van der Waals surface area (Å²) >= 11 is 7.57. The van der Waals surface area contributed by atoms with Crippen LogP contribution in [0.25, 0.3) is 0 Å². The van der Waals surface area contributed by atoms with E-state index in [0.29, 0.717) is 12.5 Å². The van der Waals surface area contributed by atoms with Gasteiger partial charge in [-0.2, -0.15) is 0 Å². The molecule has 1 saturated heterocycles. The lowest BCUT2D eigenvalue weighted by Gasteiger charge is -2.25. The number of aryl methyl sites for hydroxylation is 1. The number of nitrogens with one attached hydrogen (secondary N) is 1. The molecule has 1 aromatic rings. The van der Waals surface area contributed by atoms with Gasteiger partial charge in [-0.1, -0.05) is 0 Å². The maximum absolute atomic E-state index is 5.96. The molecular formula is C9H13ClN2OS. The molecule has 1 unspecified atom stereocenters.